The largest absolute Gasteiger partial charge is 0.493 e. The molecule has 0 spiro atoms. The average molecular weight is 952 g/mol. The summed E-state index contributed by atoms with van der Waals surface area (Å²) in [7, 11) is -3.82. The molecular formula is C59H85NO7S. The summed E-state index contributed by atoms with van der Waals surface area (Å²) < 4.78 is 54.4. The minimum Gasteiger partial charge on any atom is -0.493 e. The minimum atomic E-state index is -3.82. The molecule has 0 radical (unpaired) electrons. The smallest absolute Gasteiger partial charge is 0.271 e. The molecule has 1 aliphatic carbocycles. The number of sulfonamides is 1. The molecule has 0 heterocycles. The van der Waals surface area contributed by atoms with E-state index in [1.165, 1.54) is 16.7 Å². The molecule has 4 aromatic rings. The van der Waals surface area contributed by atoms with Crippen molar-refractivity contribution in [3.63, 3.8) is 0 Å². The van der Waals surface area contributed by atoms with Gasteiger partial charge in [0.1, 0.15) is 23.0 Å². The van der Waals surface area contributed by atoms with Crippen molar-refractivity contribution in [2.24, 2.45) is 0 Å². The van der Waals surface area contributed by atoms with E-state index in [-0.39, 0.29) is 21.7 Å². The van der Waals surface area contributed by atoms with Crippen LogP contribution >= 0.6 is 0 Å². The number of carbonyl (C=O) groups excluding carboxylic acids is 1. The SMILES string of the molecule is CCCCOc1c2cc(C(C)(C)C)cc1Cc1cc(C(C)(C)C)cc(c1OCCCC)Cc1cc(C(C)(C)C)cc(c1OCC(=O)NS(C)(=O)=O)Cc1cc(C(C)(C)C)cc(c1OCCCC)C2. The van der Waals surface area contributed by atoms with Crippen LogP contribution in [0.4, 0.5) is 0 Å². The van der Waals surface area contributed by atoms with Crippen molar-refractivity contribution in [1.29, 1.82) is 0 Å². The van der Waals surface area contributed by atoms with Gasteiger partial charge in [0.15, 0.2) is 6.61 Å². The molecule has 374 valence electrons. The lowest BCUT2D eigenvalue weighted by molar-refractivity contribution is -0.121. The van der Waals surface area contributed by atoms with Crippen molar-refractivity contribution in [3.05, 3.63) is 115 Å². The standard InChI is InChI=1S/C59H85NO7S/c1-17-20-23-64-52-39-26-41-32-48(57(7,8)9)34-43(53(41)65-24-21-18-2)28-45-36-50(59(13,14)15)37-46(55(45)67-38-51(61)60-68(16,62)63)29-44-35-49(58(10,11)12)33-42(54(44)66-25-22-19-3)27-40(52)31-47(30-39)56(4,5)6/h30-37H,17-29,38H2,1-16H3,(H,60,61). The molecule has 0 unspecified atom stereocenters. The molecule has 8 nitrogen and oxygen atoms in total. The molecule has 0 aromatic heterocycles. The molecule has 0 saturated carbocycles. The molecule has 1 aliphatic rings. The summed E-state index contributed by atoms with van der Waals surface area (Å²) >= 11 is 0. The van der Waals surface area contributed by atoms with Gasteiger partial charge >= 0.3 is 0 Å². The molecule has 1 amide bonds. The van der Waals surface area contributed by atoms with Crippen molar-refractivity contribution < 1.29 is 32.2 Å². The fourth-order valence-electron chi connectivity index (χ4n) is 8.69. The van der Waals surface area contributed by atoms with E-state index in [0.29, 0.717) is 51.3 Å². The Morgan fingerprint density at radius 3 is 0.853 bits per heavy atom. The van der Waals surface area contributed by atoms with Crippen molar-refractivity contribution >= 4 is 15.9 Å². The first-order chi connectivity index (χ1) is 31.6. The van der Waals surface area contributed by atoms with Crippen LogP contribution in [0.25, 0.3) is 0 Å². The molecular weight excluding hydrogens is 867 g/mol. The second-order valence-electron chi connectivity index (χ2n) is 23.4. The lowest BCUT2D eigenvalue weighted by Crippen LogP contribution is -2.33. The highest BCUT2D eigenvalue weighted by Gasteiger charge is 2.30. The van der Waals surface area contributed by atoms with E-state index in [1.54, 1.807) is 0 Å². The Labute approximate surface area is 411 Å². The lowest BCUT2D eigenvalue weighted by atomic mass is 9.79. The van der Waals surface area contributed by atoms with Crippen molar-refractivity contribution in [3.8, 4) is 23.0 Å². The van der Waals surface area contributed by atoms with Gasteiger partial charge in [-0.25, -0.2) is 8.42 Å². The fourth-order valence-corrected chi connectivity index (χ4v) is 9.16. The minimum absolute atomic E-state index is 0.147. The van der Waals surface area contributed by atoms with Crippen LogP contribution in [0.5, 0.6) is 23.0 Å². The molecule has 8 bridgehead atoms. The molecule has 0 fully saturated rings. The van der Waals surface area contributed by atoms with Gasteiger partial charge in [-0.15, -0.1) is 0 Å². The first kappa shape index (κ1) is 54.4. The predicted octanol–water partition coefficient (Wildman–Crippen LogP) is 13.5. The quantitative estimate of drug-likeness (QED) is 0.0983. The van der Waals surface area contributed by atoms with Crippen molar-refractivity contribution in [1.82, 2.24) is 4.72 Å². The second kappa shape index (κ2) is 22.1. The lowest BCUT2D eigenvalue weighted by Gasteiger charge is -2.29. The van der Waals surface area contributed by atoms with Crippen LogP contribution in [-0.4, -0.2) is 47.0 Å². The maximum atomic E-state index is 13.3. The number of benzene rings is 4. The van der Waals surface area contributed by atoms with Crippen LogP contribution < -0.4 is 23.7 Å². The third-order valence-corrected chi connectivity index (χ3v) is 13.4. The topological polar surface area (TPSA) is 100 Å². The van der Waals surface area contributed by atoms with Gasteiger partial charge < -0.3 is 18.9 Å². The van der Waals surface area contributed by atoms with Gasteiger partial charge in [-0.3, -0.25) is 9.52 Å². The van der Waals surface area contributed by atoms with Gasteiger partial charge in [0.05, 0.1) is 26.1 Å². The zero-order valence-corrected chi connectivity index (χ0v) is 45.6. The van der Waals surface area contributed by atoms with Crippen molar-refractivity contribution in [2.75, 3.05) is 32.7 Å². The zero-order valence-electron chi connectivity index (χ0n) is 44.8. The Hall–Kier alpha value is -4.50. The Bertz CT molecular complexity index is 2380. The summed E-state index contributed by atoms with van der Waals surface area (Å²) in [4.78, 5) is 13.3. The summed E-state index contributed by atoms with van der Waals surface area (Å²) in [6.45, 7) is 34.9. The summed E-state index contributed by atoms with van der Waals surface area (Å²) in [6.07, 6.45) is 8.79. The van der Waals surface area contributed by atoms with Gasteiger partial charge in [0, 0.05) is 25.7 Å². The van der Waals surface area contributed by atoms with Crippen LogP contribution in [-0.2, 0) is 62.2 Å². The summed E-state index contributed by atoms with van der Waals surface area (Å²) in [6, 6.07) is 18.4. The van der Waals surface area contributed by atoms with Gasteiger partial charge in [0.25, 0.3) is 5.91 Å². The number of hydrogen-bond donors (Lipinski definition) is 1. The number of unbranched alkanes of at least 4 members (excludes halogenated alkanes) is 3. The maximum absolute atomic E-state index is 13.3. The number of rotatable bonds is 16. The highest BCUT2D eigenvalue weighted by Crippen LogP contribution is 2.44. The summed E-state index contributed by atoms with van der Waals surface area (Å²) in [5.41, 5.74) is 12.2. The van der Waals surface area contributed by atoms with Gasteiger partial charge in [-0.05, 0) is 108 Å². The summed E-state index contributed by atoms with van der Waals surface area (Å²) in [5, 5.41) is 0. The molecule has 0 aliphatic heterocycles. The molecule has 5 rings (SSSR count). The fraction of sp³-hybridized carbons (Fsp3) is 0.576. The van der Waals surface area contributed by atoms with E-state index in [0.717, 1.165) is 112 Å². The number of carbonyl (C=O) groups is 1. The Balaban J connectivity index is 2.02. The third-order valence-electron chi connectivity index (χ3n) is 12.8. The second-order valence-corrected chi connectivity index (χ2v) is 25.1. The van der Waals surface area contributed by atoms with Crippen LogP contribution in [0, 0.1) is 0 Å². The van der Waals surface area contributed by atoms with Crippen LogP contribution in [0.2, 0.25) is 0 Å². The Morgan fingerprint density at radius 2 is 0.662 bits per heavy atom. The molecule has 68 heavy (non-hydrogen) atoms. The summed E-state index contributed by atoms with van der Waals surface area (Å²) in [5.74, 6) is 2.48. The predicted molar refractivity (Wildman–Crippen MR) is 281 cm³/mol. The van der Waals surface area contributed by atoms with Crippen LogP contribution in [0.1, 0.15) is 209 Å². The number of nitrogens with one attached hydrogen (secondary N) is 1. The number of amides is 1. The molecule has 1 N–H and O–H groups in total. The van der Waals surface area contributed by atoms with E-state index < -0.39 is 22.5 Å². The zero-order chi connectivity index (χ0) is 50.4. The normalized spacial score (nSPS) is 13.5. The number of fused-ring (bicyclic) bond motifs is 8. The number of hydrogen-bond acceptors (Lipinski definition) is 7. The average Bonchev–Trinajstić information content (AvgIpc) is 3.20. The van der Waals surface area contributed by atoms with Crippen LogP contribution in [0.3, 0.4) is 0 Å². The highest BCUT2D eigenvalue weighted by molar-refractivity contribution is 7.89. The van der Waals surface area contributed by atoms with E-state index in [4.69, 9.17) is 18.9 Å². The first-order valence-corrected chi connectivity index (χ1v) is 27.2. The third kappa shape index (κ3) is 14.5. The van der Waals surface area contributed by atoms with Crippen molar-refractivity contribution in [2.45, 2.75) is 190 Å². The monoisotopic (exact) mass is 952 g/mol. The van der Waals surface area contributed by atoms with Gasteiger partial charge in [-0.2, -0.15) is 0 Å². The first-order valence-electron chi connectivity index (χ1n) is 25.3. The Morgan fingerprint density at radius 1 is 0.441 bits per heavy atom. The van der Waals surface area contributed by atoms with E-state index in [2.05, 4.69) is 157 Å². The van der Waals surface area contributed by atoms with Crippen LogP contribution in [0.15, 0.2) is 48.5 Å². The molecule has 9 heteroatoms. The molecule has 0 saturated heterocycles. The molecule has 0 atom stereocenters. The van der Waals surface area contributed by atoms with Gasteiger partial charge in [0.2, 0.25) is 10.0 Å². The highest BCUT2D eigenvalue weighted by atomic mass is 32.2. The van der Waals surface area contributed by atoms with E-state index in [9.17, 15) is 13.2 Å². The number of ether oxygens (including phenoxy) is 4. The van der Waals surface area contributed by atoms with Gasteiger partial charge in [-0.1, -0.05) is 172 Å². The Kier molecular flexibility index (Phi) is 17.7. The molecule has 4 aromatic carbocycles. The van der Waals surface area contributed by atoms with E-state index >= 15 is 0 Å². The van der Waals surface area contributed by atoms with E-state index in [1.807, 2.05) is 0 Å². The maximum Gasteiger partial charge on any atom is 0.271 e.